The number of benzene rings is 2. The van der Waals surface area contributed by atoms with Crippen LogP contribution < -0.4 is 21.3 Å². The number of esters is 2. The largest absolute Gasteiger partial charge is 0.463 e. The summed E-state index contributed by atoms with van der Waals surface area (Å²) in [4.78, 5) is 55.8. The van der Waals surface area contributed by atoms with Crippen molar-refractivity contribution in [2.75, 3.05) is 26.8 Å². The molecule has 0 aliphatic rings. The normalized spacial score (nSPS) is 12.2. The monoisotopic (exact) mass is 645 g/mol. The molecule has 3 rings (SSSR count). The van der Waals surface area contributed by atoms with E-state index in [4.69, 9.17) is 19.9 Å². The molecule has 1 atom stereocenters. The van der Waals surface area contributed by atoms with Crippen molar-refractivity contribution in [3.8, 4) is 5.69 Å². The number of sulfonamides is 1. The van der Waals surface area contributed by atoms with E-state index in [0.717, 1.165) is 4.57 Å². The highest BCUT2D eigenvalue weighted by molar-refractivity contribution is 7.89. The smallest absolute Gasteiger partial charge is 0.407 e. The lowest BCUT2D eigenvalue weighted by atomic mass is 9.98. The Morgan fingerprint density at radius 3 is 2.42 bits per heavy atom. The molecule has 15 heteroatoms. The van der Waals surface area contributed by atoms with Crippen LogP contribution in [0.15, 0.2) is 40.0 Å². The van der Waals surface area contributed by atoms with Gasteiger partial charge in [-0.15, -0.1) is 0 Å². The standard InChI is InChI=1S/C30H39N5O9S/c1-7-42-29(38)25-18(4)15-21-26(19(25)5)27(36)35(22-10-8-9-11-23(22)45(40,41)32-6)24(34-21)16-44-30(39)33-12-13-43-28(37)20(31)14-17(2)3/h8-11,15,17,20,32H,7,12-14,16,31H2,1-6H3,(H,33,39)/t20-/m0/s1. The summed E-state index contributed by atoms with van der Waals surface area (Å²) in [6.07, 6.45) is -0.448. The number of nitrogens with zero attached hydrogens (tertiary/aromatic N) is 2. The SMILES string of the molecule is CCOC(=O)c1c(C)cc2nc(COC(=O)NCCOC(=O)[C@@H](N)CC(C)C)n(-c3ccccc3S(=O)(=O)NC)c(=O)c2c1C. The molecule has 0 radical (unpaired) electrons. The maximum atomic E-state index is 14.2. The van der Waals surface area contributed by atoms with Crippen LogP contribution in [0.25, 0.3) is 16.6 Å². The van der Waals surface area contributed by atoms with Crippen LogP contribution in [0.5, 0.6) is 0 Å². The van der Waals surface area contributed by atoms with E-state index in [1.54, 1.807) is 32.9 Å². The fourth-order valence-corrected chi connectivity index (χ4v) is 5.69. The molecule has 0 bridgehead atoms. The highest BCUT2D eigenvalue weighted by Gasteiger charge is 2.25. The molecule has 1 aromatic heterocycles. The lowest BCUT2D eigenvalue weighted by Crippen LogP contribution is -2.36. The van der Waals surface area contributed by atoms with E-state index in [2.05, 4.69) is 15.0 Å². The van der Waals surface area contributed by atoms with E-state index in [1.165, 1.54) is 25.2 Å². The minimum Gasteiger partial charge on any atom is -0.463 e. The molecule has 0 spiro atoms. The van der Waals surface area contributed by atoms with Gasteiger partial charge in [-0.3, -0.25) is 14.2 Å². The number of hydrogen-bond acceptors (Lipinski definition) is 11. The van der Waals surface area contributed by atoms with Gasteiger partial charge in [0.15, 0.2) is 12.4 Å². The predicted octanol–water partition coefficient (Wildman–Crippen LogP) is 2.23. The first kappa shape index (κ1) is 35.1. The Labute approximate surface area is 261 Å². The first-order valence-electron chi connectivity index (χ1n) is 14.3. The van der Waals surface area contributed by atoms with Crippen LogP contribution in [0.2, 0.25) is 0 Å². The number of fused-ring (bicyclic) bond motifs is 1. The number of amides is 1. The third kappa shape index (κ3) is 8.23. The second kappa shape index (κ2) is 15.1. The maximum Gasteiger partial charge on any atom is 0.407 e. The van der Waals surface area contributed by atoms with Crippen LogP contribution in [0.1, 0.15) is 54.5 Å². The van der Waals surface area contributed by atoms with Gasteiger partial charge in [0, 0.05) is 0 Å². The molecule has 45 heavy (non-hydrogen) atoms. The molecule has 1 heterocycles. The number of carbonyl (C=O) groups excluding carboxylic acids is 3. The average Bonchev–Trinajstić information content (AvgIpc) is 2.97. The van der Waals surface area contributed by atoms with Gasteiger partial charge in [0.25, 0.3) is 5.56 Å². The summed E-state index contributed by atoms with van der Waals surface area (Å²) in [6.45, 7) is 8.14. The molecule has 0 unspecified atom stereocenters. The van der Waals surface area contributed by atoms with E-state index in [1.807, 2.05) is 13.8 Å². The molecule has 0 saturated heterocycles. The van der Waals surface area contributed by atoms with Crippen molar-refractivity contribution in [3.05, 3.63) is 63.2 Å². The molecular weight excluding hydrogens is 606 g/mol. The molecule has 3 aromatic rings. The number of nitrogens with one attached hydrogen (secondary N) is 2. The lowest BCUT2D eigenvalue weighted by Gasteiger charge is -2.19. The van der Waals surface area contributed by atoms with E-state index < -0.39 is 46.3 Å². The Kier molecular flexibility index (Phi) is 11.8. The number of para-hydroxylation sites is 1. The third-order valence-electron chi connectivity index (χ3n) is 6.80. The fraction of sp³-hybridized carbons (Fsp3) is 0.433. The molecule has 2 aromatic carbocycles. The first-order chi connectivity index (χ1) is 21.2. The molecule has 14 nitrogen and oxygen atoms in total. The van der Waals surface area contributed by atoms with Gasteiger partial charge in [-0.1, -0.05) is 26.0 Å². The number of alkyl carbamates (subject to hydrolysis) is 1. The van der Waals surface area contributed by atoms with Crippen molar-refractivity contribution >= 4 is 39.0 Å². The molecule has 4 N–H and O–H groups in total. The number of carbonyl (C=O) groups is 3. The minimum absolute atomic E-state index is 0.0485. The predicted molar refractivity (Wildman–Crippen MR) is 166 cm³/mol. The zero-order valence-corrected chi connectivity index (χ0v) is 26.9. The summed E-state index contributed by atoms with van der Waals surface area (Å²) in [5, 5.41) is 2.50. The Hall–Kier alpha value is -4.34. The number of aromatic nitrogens is 2. The minimum atomic E-state index is -4.06. The van der Waals surface area contributed by atoms with E-state index in [-0.39, 0.29) is 58.6 Å². The highest BCUT2D eigenvalue weighted by atomic mass is 32.2. The molecule has 0 aliphatic carbocycles. The van der Waals surface area contributed by atoms with Gasteiger partial charge < -0.3 is 25.3 Å². The van der Waals surface area contributed by atoms with E-state index in [9.17, 15) is 27.6 Å². The lowest BCUT2D eigenvalue weighted by molar-refractivity contribution is -0.145. The van der Waals surface area contributed by atoms with Crippen molar-refractivity contribution in [2.24, 2.45) is 11.7 Å². The summed E-state index contributed by atoms with van der Waals surface area (Å²) in [6, 6.07) is 6.53. The van der Waals surface area contributed by atoms with Gasteiger partial charge in [0.2, 0.25) is 10.0 Å². The number of ether oxygens (including phenoxy) is 3. The molecule has 244 valence electrons. The Morgan fingerprint density at radius 1 is 1.09 bits per heavy atom. The third-order valence-corrected chi connectivity index (χ3v) is 8.26. The first-order valence-corrected chi connectivity index (χ1v) is 15.8. The van der Waals surface area contributed by atoms with E-state index >= 15 is 0 Å². The summed E-state index contributed by atoms with van der Waals surface area (Å²) >= 11 is 0. The van der Waals surface area contributed by atoms with Crippen molar-refractivity contribution in [1.29, 1.82) is 0 Å². The number of hydrogen-bond donors (Lipinski definition) is 3. The van der Waals surface area contributed by atoms with Crippen molar-refractivity contribution < 1.29 is 37.0 Å². The summed E-state index contributed by atoms with van der Waals surface area (Å²) < 4.78 is 44.7. The zero-order valence-electron chi connectivity index (χ0n) is 26.1. The Balaban J connectivity index is 2.01. The van der Waals surface area contributed by atoms with Crippen LogP contribution in [0.4, 0.5) is 4.79 Å². The van der Waals surface area contributed by atoms with E-state index in [0.29, 0.717) is 17.5 Å². The fourth-order valence-electron chi connectivity index (χ4n) is 4.78. The van der Waals surface area contributed by atoms with Gasteiger partial charge in [-0.2, -0.15) is 0 Å². The van der Waals surface area contributed by atoms with Gasteiger partial charge in [-0.25, -0.2) is 27.7 Å². The topological polar surface area (TPSA) is 198 Å². The summed E-state index contributed by atoms with van der Waals surface area (Å²) in [5.74, 6) is -1.08. The van der Waals surface area contributed by atoms with Crippen molar-refractivity contribution in [2.45, 2.75) is 58.6 Å². The molecule has 0 saturated carbocycles. The maximum absolute atomic E-state index is 14.2. The second-order valence-corrected chi connectivity index (χ2v) is 12.4. The molecule has 0 aliphatic heterocycles. The molecular formula is C30H39N5O9S. The van der Waals surface area contributed by atoms with Crippen LogP contribution in [-0.4, -0.2) is 68.8 Å². The molecule has 1 amide bonds. The quantitative estimate of drug-likeness (QED) is 0.140. The van der Waals surface area contributed by atoms with Gasteiger partial charge >= 0.3 is 18.0 Å². The van der Waals surface area contributed by atoms with Crippen LogP contribution >= 0.6 is 0 Å². The highest BCUT2D eigenvalue weighted by Crippen LogP contribution is 2.26. The zero-order chi connectivity index (χ0) is 33.5. The van der Waals surface area contributed by atoms with Crippen molar-refractivity contribution in [3.63, 3.8) is 0 Å². The van der Waals surface area contributed by atoms with Crippen molar-refractivity contribution in [1.82, 2.24) is 19.6 Å². The Morgan fingerprint density at radius 2 is 1.78 bits per heavy atom. The van der Waals surface area contributed by atoms with Gasteiger partial charge in [-0.05, 0) is 69.5 Å². The molecule has 0 fully saturated rings. The van der Waals surface area contributed by atoms with Crippen LogP contribution in [0.3, 0.4) is 0 Å². The summed E-state index contributed by atoms with van der Waals surface area (Å²) in [7, 11) is -2.83. The van der Waals surface area contributed by atoms with Crippen LogP contribution in [0, 0.1) is 19.8 Å². The number of aryl methyl sites for hydroxylation is 2. The Bertz CT molecular complexity index is 1750. The number of nitrogens with two attached hydrogens (primary N) is 1. The van der Waals surface area contributed by atoms with Gasteiger partial charge in [0.05, 0.1) is 35.3 Å². The summed E-state index contributed by atoms with van der Waals surface area (Å²) in [5.41, 5.74) is 6.27. The average molecular weight is 646 g/mol. The number of rotatable bonds is 13. The second-order valence-electron chi connectivity index (χ2n) is 10.6. The van der Waals surface area contributed by atoms with Gasteiger partial charge in [0.1, 0.15) is 17.5 Å². The van der Waals surface area contributed by atoms with Crippen LogP contribution in [-0.2, 0) is 35.6 Å².